The minimum absolute atomic E-state index is 0.196. The molecule has 0 aromatic carbocycles. The molecule has 1 unspecified atom stereocenters. The van der Waals surface area contributed by atoms with E-state index >= 15 is 0 Å². The molecule has 0 aliphatic carbocycles. The van der Waals surface area contributed by atoms with Gasteiger partial charge < -0.3 is 9.80 Å². The maximum Gasteiger partial charge on any atom is 0.229 e. The molecule has 0 radical (unpaired) electrons. The summed E-state index contributed by atoms with van der Waals surface area (Å²) in [6.07, 6.45) is 8.86. The zero-order valence-electron chi connectivity index (χ0n) is 13.5. The highest BCUT2D eigenvalue weighted by Crippen LogP contribution is 2.36. The van der Waals surface area contributed by atoms with Gasteiger partial charge in [0.15, 0.2) is 0 Å². The molecule has 1 atom stereocenters. The summed E-state index contributed by atoms with van der Waals surface area (Å²) in [6.45, 7) is 1.99. The maximum absolute atomic E-state index is 12.7. The number of nitrogens with zero attached hydrogens (tertiary/aromatic N) is 3. The summed E-state index contributed by atoms with van der Waals surface area (Å²) in [5.74, 6) is 0.292. The molecular formula is C17H27N3O. The van der Waals surface area contributed by atoms with Gasteiger partial charge in [-0.25, -0.2) is 0 Å². The first-order valence-corrected chi connectivity index (χ1v) is 7.83. The molecule has 1 saturated heterocycles. The second-order valence-electron chi connectivity index (χ2n) is 6.54. The minimum Gasteiger partial charge on any atom is -0.348 e. The van der Waals surface area contributed by atoms with E-state index in [1.165, 1.54) is 5.56 Å². The van der Waals surface area contributed by atoms with Crippen molar-refractivity contribution in [1.82, 2.24) is 14.8 Å². The van der Waals surface area contributed by atoms with Crippen molar-refractivity contribution in [1.29, 1.82) is 0 Å². The molecule has 2 rings (SSSR count). The number of amides is 1. The van der Waals surface area contributed by atoms with Crippen LogP contribution in [0.4, 0.5) is 0 Å². The van der Waals surface area contributed by atoms with Crippen LogP contribution < -0.4 is 0 Å². The molecule has 0 spiro atoms. The number of hydrogen-bond acceptors (Lipinski definition) is 3. The predicted molar refractivity (Wildman–Crippen MR) is 85.0 cm³/mol. The van der Waals surface area contributed by atoms with E-state index < -0.39 is 0 Å². The van der Waals surface area contributed by atoms with Crippen molar-refractivity contribution in [3.05, 3.63) is 30.1 Å². The first-order chi connectivity index (χ1) is 10.0. The summed E-state index contributed by atoms with van der Waals surface area (Å²) < 4.78 is 0. The Morgan fingerprint density at radius 3 is 2.90 bits per heavy atom. The van der Waals surface area contributed by atoms with Crippen molar-refractivity contribution >= 4 is 5.91 Å². The van der Waals surface area contributed by atoms with Crippen molar-refractivity contribution < 1.29 is 4.79 Å². The summed E-state index contributed by atoms with van der Waals surface area (Å²) in [5, 5.41) is 0. The Labute approximate surface area is 128 Å². The lowest BCUT2D eigenvalue weighted by atomic mass is 9.74. The van der Waals surface area contributed by atoms with Gasteiger partial charge in [0.1, 0.15) is 0 Å². The van der Waals surface area contributed by atoms with Crippen molar-refractivity contribution in [2.24, 2.45) is 5.41 Å². The van der Waals surface area contributed by atoms with Gasteiger partial charge in [-0.05, 0) is 57.3 Å². The lowest BCUT2D eigenvalue weighted by Gasteiger charge is -2.41. The van der Waals surface area contributed by atoms with Crippen molar-refractivity contribution in [3.8, 4) is 0 Å². The number of hydrogen-bond donors (Lipinski definition) is 0. The zero-order valence-corrected chi connectivity index (χ0v) is 13.5. The van der Waals surface area contributed by atoms with Crippen LogP contribution in [0, 0.1) is 5.41 Å². The van der Waals surface area contributed by atoms with E-state index in [0.717, 1.165) is 45.2 Å². The average molecular weight is 289 g/mol. The highest BCUT2D eigenvalue weighted by molar-refractivity contribution is 5.82. The van der Waals surface area contributed by atoms with Gasteiger partial charge in [0.05, 0.1) is 5.41 Å². The first kappa shape index (κ1) is 16.0. The lowest BCUT2D eigenvalue weighted by Crippen LogP contribution is -2.50. The second-order valence-corrected chi connectivity index (χ2v) is 6.54. The normalized spacial score (nSPS) is 23.0. The van der Waals surface area contributed by atoms with Crippen LogP contribution in [-0.4, -0.2) is 54.9 Å². The molecule has 2 heterocycles. The number of carbonyl (C=O) groups is 1. The van der Waals surface area contributed by atoms with Crippen LogP contribution >= 0.6 is 0 Å². The molecule has 1 fully saturated rings. The molecule has 1 aromatic heterocycles. The third kappa shape index (κ3) is 4.03. The largest absolute Gasteiger partial charge is 0.348 e. The Hall–Kier alpha value is -1.42. The van der Waals surface area contributed by atoms with Gasteiger partial charge in [0.2, 0.25) is 5.91 Å². The van der Waals surface area contributed by atoms with Crippen LogP contribution in [0.3, 0.4) is 0 Å². The summed E-state index contributed by atoms with van der Waals surface area (Å²) in [4.78, 5) is 20.9. The van der Waals surface area contributed by atoms with E-state index in [2.05, 4.69) is 23.0 Å². The van der Waals surface area contributed by atoms with Crippen LogP contribution in [0.25, 0.3) is 0 Å². The fourth-order valence-corrected chi connectivity index (χ4v) is 3.50. The van der Waals surface area contributed by atoms with E-state index in [0.29, 0.717) is 5.91 Å². The maximum atomic E-state index is 12.7. The zero-order chi connectivity index (χ0) is 15.3. The van der Waals surface area contributed by atoms with E-state index in [1.54, 1.807) is 11.1 Å². The van der Waals surface area contributed by atoms with Crippen LogP contribution in [0.1, 0.15) is 31.2 Å². The van der Waals surface area contributed by atoms with Crippen LogP contribution in [-0.2, 0) is 11.2 Å². The molecular weight excluding hydrogens is 262 g/mol. The van der Waals surface area contributed by atoms with Gasteiger partial charge in [-0.1, -0.05) is 6.07 Å². The van der Waals surface area contributed by atoms with E-state index in [1.807, 2.05) is 26.4 Å². The molecule has 0 N–H and O–H groups in total. The van der Waals surface area contributed by atoms with Gasteiger partial charge >= 0.3 is 0 Å². The lowest BCUT2D eigenvalue weighted by molar-refractivity contribution is -0.143. The molecule has 1 aliphatic heterocycles. The number of likely N-dealkylation sites (tertiary alicyclic amines) is 1. The predicted octanol–water partition coefficient (Wildman–Crippen LogP) is 2.20. The average Bonchev–Trinajstić information content (AvgIpc) is 2.47. The molecule has 21 heavy (non-hydrogen) atoms. The molecule has 116 valence electrons. The topological polar surface area (TPSA) is 36.4 Å². The number of piperidine rings is 1. The highest BCUT2D eigenvalue weighted by Gasteiger charge is 2.41. The van der Waals surface area contributed by atoms with Crippen molar-refractivity contribution in [2.75, 3.05) is 34.2 Å². The van der Waals surface area contributed by atoms with Gasteiger partial charge in [0, 0.05) is 33.0 Å². The van der Waals surface area contributed by atoms with Crippen LogP contribution in [0.2, 0.25) is 0 Å². The number of carbonyl (C=O) groups excluding carboxylic acids is 1. The molecule has 1 amide bonds. The molecule has 1 aromatic rings. The Morgan fingerprint density at radius 2 is 2.29 bits per heavy atom. The highest BCUT2D eigenvalue weighted by atomic mass is 16.2. The summed E-state index contributed by atoms with van der Waals surface area (Å²) in [5.41, 5.74) is 1.06. The fourth-order valence-electron chi connectivity index (χ4n) is 3.50. The molecule has 0 bridgehead atoms. The first-order valence-electron chi connectivity index (χ1n) is 7.83. The molecule has 0 saturated carbocycles. The van der Waals surface area contributed by atoms with E-state index in [4.69, 9.17) is 0 Å². The minimum atomic E-state index is -0.196. The third-order valence-electron chi connectivity index (χ3n) is 4.47. The van der Waals surface area contributed by atoms with Crippen molar-refractivity contribution in [2.45, 2.75) is 32.1 Å². The Bertz CT molecular complexity index is 460. The third-order valence-corrected chi connectivity index (χ3v) is 4.47. The monoisotopic (exact) mass is 289 g/mol. The van der Waals surface area contributed by atoms with E-state index in [9.17, 15) is 4.79 Å². The van der Waals surface area contributed by atoms with E-state index in [-0.39, 0.29) is 5.41 Å². The Balaban J connectivity index is 2.01. The summed E-state index contributed by atoms with van der Waals surface area (Å²) >= 11 is 0. The Morgan fingerprint density at radius 1 is 1.48 bits per heavy atom. The van der Waals surface area contributed by atoms with Crippen molar-refractivity contribution in [3.63, 3.8) is 0 Å². The van der Waals surface area contributed by atoms with Gasteiger partial charge in [-0.2, -0.15) is 0 Å². The van der Waals surface area contributed by atoms with Crippen LogP contribution in [0.5, 0.6) is 0 Å². The number of pyridine rings is 1. The quantitative estimate of drug-likeness (QED) is 0.834. The smallest absolute Gasteiger partial charge is 0.229 e. The standard InChI is InChI=1S/C17H27N3O/c1-19(2)16(21)17(10-6-12-20(3)14-17)9-4-7-15-8-5-11-18-13-15/h5,8,11,13H,4,6-7,9-10,12,14H2,1-3H3. The molecule has 1 aliphatic rings. The fraction of sp³-hybridized carbons (Fsp3) is 0.647. The summed E-state index contributed by atoms with van der Waals surface area (Å²) in [7, 11) is 5.87. The van der Waals surface area contributed by atoms with Crippen LogP contribution in [0.15, 0.2) is 24.5 Å². The SMILES string of the molecule is CN1CCCC(CCCc2cccnc2)(C(=O)N(C)C)C1. The number of aryl methyl sites for hydroxylation is 1. The molecule has 4 heteroatoms. The second kappa shape index (κ2) is 7.03. The number of aromatic nitrogens is 1. The van der Waals surface area contributed by atoms with Gasteiger partial charge in [-0.15, -0.1) is 0 Å². The number of rotatable bonds is 5. The summed E-state index contributed by atoms with van der Waals surface area (Å²) in [6, 6.07) is 4.09. The molecule has 4 nitrogen and oxygen atoms in total. The Kier molecular flexibility index (Phi) is 5.34. The van der Waals surface area contributed by atoms with Gasteiger partial charge in [-0.3, -0.25) is 9.78 Å². The van der Waals surface area contributed by atoms with Gasteiger partial charge in [0.25, 0.3) is 0 Å².